The van der Waals surface area contributed by atoms with Crippen LogP contribution in [0, 0.1) is 0 Å². The van der Waals surface area contributed by atoms with Crippen molar-refractivity contribution < 1.29 is 0 Å². The van der Waals surface area contributed by atoms with Crippen LogP contribution in [0.5, 0.6) is 0 Å². The van der Waals surface area contributed by atoms with Crippen molar-refractivity contribution in [3.05, 3.63) is 170 Å². The molecule has 10 aromatic rings. The summed E-state index contributed by atoms with van der Waals surface area (Å²) in [5, 5.41) is 4.87. The SMILES string of the molecule is c1ccc(-c2ccc(-c3nc(-c4ccccc4)nc(-c4cccc5c4sc4ccccc45)n3)c(-n3c4ccccc4c4ccccc43)c2)cc1. The van der Waals surface area contributed by atoms with Gasteiger partial charge in [0, 0.05) is 47.6 Å². The predicted molar refractivity (Wildman–Crippen MR) is 209 cm³/mol. The second-order valence-electron chi connectivity index (χ2n) is 12.4. The lowest BCUT2D eigenvalue weighted by Crippen LogP contribution is -2.04. The molecule has 0 bridgehead atoms. The number of rotatable bonds is 5. The van der Waals surface area contributed by atoms with Gasteiger partial charge in [-0.2, -0.15) is 0 Å². The molecular formula is C45H28N4S. The Bertz CT molecular complexity index is 2820. The highest BCUT2D eigenvalue weighted by Crippen LogP contribution is 2.41. The Hall–Kier alpha value is -6.43. The van der Waals surface area contributed by atoms with Gasteiger partial charge >= 0.3 is 0 Å². The number of fused-ring (bicyclic) bond motifs is 6. The van der Waals surface area contributed by atoms with Crippen molar-refractivity contribution in [2.45, 2.75) is 0 Å². The third-order valence-corrected chi connectivity index (χ3v) is 10.7. The van der Waals surface area contributed by atoms with Crippen LogP contribution in [0.4, 0.5) is 0 Å². The molecule has 0 aliphatic heterocycles. The van der Waals surface area contributed by atoms with Gasteiger partial charge in [-0.05, 0) is 47.5 Å². The molecule has 0 aliphatic carbocycles. The maximum absolute atomic E-state index is 5.32. The first-order valence-corrected chi connectivity index (χ1v) is 17.5. The summed E-state index contributed by atoms with van der Waals surface area (Å²) >= 11 is 1.79. The average molecular weight is 657 g/mol. The molecule has 0 unspecified atom stereocenters. The van der Waals surface area contributed by atoms with Crippen molar-refractivity contribution in [2.24, 2.45) is 0 Å². The molecule has 50 heavy (non-hydrogen) atoms. The standard InChI is InChI=1S/C45H28N4S/c1-3-14-29(15-4-1)31-26-27-36(40(28-31)49-38-23-10-7-18-32(38)33-19-8-11-24-39(33)49)44-46-43(30-16-5-2-6-17-30)47-45(48-44)37-22-13-21-35-34-20-9-12-25-41(34)50-42(35)37/h1-28H. The third kappa shape index (κ3) is 4.63. The number of hydrogen-bond donors (Lipinski definition) is 0. The molecule has 10 rings (SSSR count). The van der Waals surface area contributed by atoms with Crippen LogP contribution < -0.4 is 0 Å². The van der Waals surface area contributed by atoms with Gasteiger partial charge in [0.15, 0.2) is 17.5 Å². The zero-order chi connectivity index (χ0) is 33.0. The largest absolute Gasteiger partial charge is 0.308 e. The number of para-hydroxylation sites is 2. The van der Waals surface area contributed by atoms with E-state index in [1.807, 2.05) is 18.2 Å². The summed E-state index contributed by atoms with van der Waals surface area (Å²) in [5.41, 5.74) is 8.43. The summed E-state index contributed by atoms with van der Waals surface area (Å²) in [7, 11) is 0. The van der Waals surface area contributed by atoms with Crippen molar-refractivity contribution in [1.82, 2.24) is 19.5 Å². The van der Waals surface area contributed by atoms with Gasteiger partial charge in [0.05, 0.1) is 16.7 Å². The van der Waals surface area contributed by atoms with Crippen molar-refractivity contribution in [3.63, 3.8) is 0 Å². The first-order valence-electron chi connectivity index (χ1n) is 16.7. The van der Waals surface area contributed by atoms with E-state index in [-0.39, 0.29) is 0 Å². The molecule has 7 aromatic carbocycles. The number of benzene rings is 7. The van der Waals surface area contributed by atoms with Crippen molar-refractivity contribution in [1.29, 1.82) is 0 Å². The Morgan fingerprint density at radius 3 is 1.66 bits per heavy atom. The highest BCUT2D eigenvalue weighted by atomic mass is 32.1. The fourth-order valence-corrected chi connectivity index (χ4v) is 8.37. The topological polar surface area (TPSA) is 43.6 Å². The molecule has 234 valence electrons. The summed E-state index contributed by atoms with van der Waals surface area (Å²) in [5.74, 6) is 1.93. The van der Waals surface area contributed by atoms with Gasteiger partial charge in [0.25, 0.3) is 0 Å². The Kier molecular flexibility index (Phi) is 6.64. The summed E-state index contributed by atoms with van der Waals surface area (Å²) in [6, 6.07) is 59.7. The van der Waals surface area contributed by atoms with Crippen LogP contribution >= 0.6 is 11.3 Å². The lowest BCUT2D eigenvalue weighted by atomic mass is 10.0. The molecule has 3 heterocycles. The lowest BCUT2D eigenvalue weighted by Gasteiger charge is -2.16. The maximum atomic E-state index is 5.32. The first-order chi connectivity index (χ1) is 24.8. The summed E-state index contributed by atoms with van der Waals surface area (Å²) in [6.07, 6.45) is 0. The monoisotopic (exact) mass is 656 g/mol. The van der Waals surface area contributed by atoms with Crippen LogP contribution in [0.3, 0.4) is 0 Å². The Morgan fingerprint density at radius 2 is 0.940 bits per heavy atom. The molecule has 0 N–H and O–H groups in total. The van der Waals surface area contributed by atoms with Gasteiger partial charge in [0.2, 0.25) is 0 Å². The molecule has 0 radical (unpaired) electrons. The lowest BCUT2D eigenvalue weighted by molar-refractivity contribution is 1.07. The van der Waals surface area contributed by atoms with Gasteiger partial charge < -0.3 is 4.57 Å². The van der Waals surface area contributed by atoms with Crippen molar-refractivity contribution in [2.75, 3.05) is 0 Å². The average Bonchev–Trinajstić information content (AvgIpc) is 3.74. The number of nitrogens with zero attached hydrogens (tertiary/aromatic N) is 4. The van der Waals surface area contributed by atoms with Crippen molar-refractivity contribution >= 4 is 53.3 Å². The molecule has 3 aromatic heterocycles. The predicted octanol–water partition coefficient (Wildman–Crippen LogP) is 12.0. The number of hydrogen-bond acceptors (Lipinski definition) is 4. The normalized spacial score (nSPS) is 11.6. The van der Waals surface area contributed by atoms with E-state index in [0.29, 0.717) is 17.5 Å². The Labute approximate surface area is 292 Å². The number of aromatic nitrogens is 4. The second-order valence-corrected chi connectivity index (χ2v) is 13.5. The molecule has 0 atom stereocenters. The van der Waals surface area contributed by atoms with E-state index in [0.717, 1.165) is 44.5 Å². The minimum absolute atomic E-state index is 0.628. The summed E-state index contributed by atoms with van der Waals surface area (Å²) in [4.78, 5) is 15.7. The summed E-state index contributed by atoms with van der Waals surface area (Å²) < 4.78 is 4.79. The van der Waals surface area contributed by atoms with E-state index < -0.39 is 0 Å². The summed E-state index contributed by atoms with van der Waals surface area (Å²) in [6.45, 7) is 0. The minimum Gasteiger partial charge on any atom is -0.308 e. The van der Waals surface area contributed by atoms with E-state index in [1.165, 1.54) is 30.9 Å². The third-order valence-electron chi connectivity index (χ3n) is 9.48. The fraction of sp³-hybridized carbons (Fsp3) is 0. The zero-order valence-corrected chi connectivity index (χ0v) is 27.7. The molecule has 5 heteroatoms. The quantitative estimate of drug-likeness (QED) is 0.185. The van der Waals surface area contributed by atoms with Crippen LogP contribution in [0.2, 0.25) is 0 Å². The van der Waals surface area contributed by atoms with E-state index in [2.05, 4.69) is 156 Å². The first kappa shape index (κ1) is 28.6. The van der Waals surface area contributed by atoms with E-state index in [9.17, 15) is 0 Å². The molecular weight excluding hydrogens is 629 g/mol. The van der Waals surface area contributed by atoms with Gasteiger partial charge in [-0.15, -0.1) is 11.3 Å². The molecule has 0 amide bonds. The van der Waals surface area contributed by atoms with E-state index in [4.69, 9.17) is 15.0 Å². The molecule has 0 saturated heterocycles. The van der Waals surface area contributed by atoms with Crippen LogP contribution in [0.25, 0.3) is 93.0 Å². The van der Waals surface area contributed by atoms with Gasteiger partial charge in [-0.25, -0.2) is 15.0 Å². The molecule has 0 spiro atoms. The van der Waals surface area contributed by atoms with Crippen LogP contribution in [0.15, 0.2) is 170 Å². The van der Waals surface area contributed by atoms with E-state index >= 15 is 0 Å². The van der Waals surface area contributed by atoms with Crippen LogP contribution in [0.1, 0.15) is 0 Å². The Balaban J connectivity index is 1.28. The fourth-order valence-electron chi connectivity index (χ4n) is 7.15. The molecule has 0 aliphatic rings. The van der Waals surface area contributed by atoms with Gasteiger partial charge in [0.1, 0.15) is 0 Å². The smallest absolute Gasteiger partial charge is 0.166 e. The zero-order valence-electron chi connectivity index (χ0n) is 26.9. The molecule has 0 fully saturated rings. The van der Waals surface area contributed by atoms with E-state index in [1.54, 1.807) is 11.3 Å². The van der Waals surface area contributed by atoms with Crippen LogP contribution in [-0.2, 0) is 0 Å². The van der Waals surface area contributed by atoms with Gasteiger partial charge in [-0.3, -0.25) is 0 Å². The maximum Gasteiger partial charge on any atom is 0.166 e. The van der Waals surface area contributed by atoms with Crippen molar-refractivity contribution in [3.8, 4) is 51.0 Å². The number of thiophene rings is 1. The minimum atomic E-state index is 0.628. The highest BCUT2D eigenvalue weighted by molar-refractivity contribution is 7.26. The van der Waals surface area contributed by atoms with Gasteiger partial charge in [-0.1, -0.05) is 133 Å². The van der Waals surface area contributed by atoms with Crippen LogP contribution in [-0.4, -0.2) is 19.5 Å². The highest BCUT2D eigenvalue weighted by Gasteiger charge is 2.21. The molecule has 4 nitrogen and oxygen atoms in total. The molecule has 0 saturated carbocycles. The second kappa shape index (κ2) is 11.6. The Morgan fingerprint density at radius 1 is 0.380 bits per heavy atom.